The zero-order valence-corrected chi connectivity index (χ0v) is 13.7. The Morgan fingerprint density at radius 2 is 1.92 bits per heavy atom. The number of nitrogens with one attached hydrogen (secondary N) is 2. The van der Waals surface area contributed by atoms with Crippen LogP contribution in [0.4, 0.5) is 17.3 Å². The van der Waals surface area contributed by atoms with E-state index in [1.54, 1.807) is 6.26 Å². The largest absolute Gasteiger partial charge is 0.492 e. The fraction of sp³-hybridized carbons (Fsp3) is 0.222. The van der Waals surface area contributed by atoms with E-state index < -0.39 is 0 Å². The van der Waals surface area contributed by atoms with Crippen molar-refractivity contribution in [2.75, 3.05) is 17.2 Å². The molecule has 0 aliphatic rings. The normalized spacial score (nSPS) is 10.4. The van der Waals surface area contributed by atoms with E-state index in [0.29, 0.717) is 24.8 Å². The molecule has 0 atom stereocenters. The fourth-order valence-corrected chi connectivity index (χ4v) is 2.30. The van der Waals surface area contributed by atoms with Gasteiger partial charge in [-0.2, -0.15) is 0 Å². The number of para-hydroxylation sites is 2. The van der Waals surface area contributed by atoms with E-state index in [1.165, 1.54) is 0 Å². The summed E-state index contributed by atoms with van der Waals surface area (Å²) in [4.78, 5) is 8.83. The van der Waals surface area contributed by atoms with Gasteiger partial charge < -0.3 is 19.8 Å². The molecule has 2 heterocycles. The molecule has 0 saturated heterocycles. The predicted molar refractivity (Wildman–Crippen MR) is 93.7 cm³/mol. The average Bonchev–Trinajstić information content (AvgIpc) is 3.08. The van der Waals surface area contributed by atoms with Crippen LogP contribution in [0, 0.1) is 6.92 Å². The highest BCUT2D eigenvalue weighted by Gasteiger charge is 2.07. The van der Waals surface area contributed by atoms with Crippen LogP contribution in [0.3, 0.4) is 0 Å². The maximum atomic E-state index is 5.63. The predicted octanol–water partition coefficient (Wildman–Crippen LogP) is 4.13. The van der Waals surface area contributed by atoms with E-state index in [2.05, 4.69) is 20.6 Å². The van der Waals surface area contributed by atoms with E-state index in [-0.39, 0.29) is 0 Å². The molecule has 6 nitrogen and oxygen atoms in total. The summed E-state index contributed by atoms with van der Waals surface area (Å²) in [6.45, 7) is 5.00. The third kappa shape index (κ3) is 4.04. The van der Waals surface area contributed by atoms with Crippen molar-refractivity contribution in [2.24, 2.45) is 0 Å². The standard InChI is InChI=1S/C18H20N4O2/c1-3-23-16-9-5-4-8-15(16)22-18-11-17(20-13(2)21-18)19-12-14-7-6-10-24-14/h4-11H,3,12H2,1-2H3,(H2,19,20,21,22). The van der Waals surface area contributed by atoms with Crippen molar-refractivity contribution >= 4 is 17.3 Å². The monoisotopic (exact) mass is 324 g/mol. The van der Waals surface area contributed by atoms with Crippen molar-refractivity contribution in [3.63, 3.8) is 0 Å². The lowest BCUT2D eigenvalue weighted by atomic mass is 10.3. The Balaban J connectivity index is 1.76. The summed E-state index contributed by atoms with van der Waals surface area (Å²) >= 11 is 0. The fourth-order valence-electron chi connectivity index (χ4n) is 2.30. The highest BCUT2D eigenvalue weighted by molar-refractivity contribution is 5.65. The van der Waals surface area contributed by atoms with E-state index >= 15 is 0 Å². The summed E-state index contributed by atoms with van der Waals surface area (Å²) in [5.74, 6) is 3.76. The Morgan fingerprint density at radius 3 is 2.71 bits per heavy atom. The van der Waals surface area contributed by atoms with Gasteiger partial charge in [-0.15, -0.1) is 0 Å². The third-order valence-electron chi connectivity index (χ3n) is 3.31. The maximum Gasteiger partial charge on any atom is 0.142 e. The molecule has 24 heavy (non-hydrogen) atoms. The third-order valence-corrected chi connectivity index (χ3v) is 3.31. The molecule has 6 heteroatoms. The summed E-state index contributed by atoms with van der Waals surface area (Å²) in [5.41, 5.74) is 0.870. The summed E-state index contributed by atoms with van der Waals surface area (Å²) in [6.07, 6.45) is 1.65. The first-order chi connectivity index (χ1) is 11.7. The summed E-state index contributed by atoms with van der Waals surface area (Å²) < 4.78 is 10.9. The second kappa shape index (κ2) is 7.50. The van der Waals surface area contributed by atoms with Crippen LogP contribution in [0.2, 0.25) is 0 Å². The van der Waals surface area contributed by atoms with Crippen molar-refractivity contribution in [1.82, 2.24) is 9.97 Å². The molecule has 2 N–H and O–H groups in total. The molecule has 0 unspecified atom stereocenters. The van der Waals surface area contributed by atoms with Crippen molar-refractivity contribution in [1.29, 1.82) is 0 Å². The van der Waals surface area contributed by atoms with Crippen LogP contribution in [0.25, 0.3) is 0 Å². The van der Waals surface area contributed by atoms with Gasteiger partial charge in [0.1, 0.15) is 29.0 Å². The number of anilines is 3. The lowest BCUT2D eigenvalue weighted by Gasteiger charge is -2.13. The van der Waals surface area contributed by atoms with E-state index in [0.717, 1.165) is 23.0 Å². The van der Waals surface area contributed by atoms with Crippen LogP contribution in [0.5, 0.6) is 5.75 Å². The molecule has 0 fully saturated rings. The smallest absolute Gasteiger partial charge is 0.142 e. The molecule has 0 aliphatic carbocycles. The Morgan fingerprint density at radius 1 is 1.08 bits per heavy atom. The molecule has 0 aliphatic heterocycles. The van der Waals surface area contributed by atoms with Crippen LogP contribution in [-0.4, -0.2) is 16.6 Å². The van der Waals surface area contributed by atoms with Gasteiger partial charge in [-0.05, 0) is 38.1 Å². The number of rotatable bonds is 7. The number of hydrogen-bond donors (Lipinski definition) is 2. The molecule has 3 rings (SSSR count). The zero-order valence-electron chi connectivity index (χ0n) is 13.7. The lowest BCUT2D eigenvalue weighted by Crippen LogP contribution is -2.05. The quantitative estimate of drug-likeness (QED) is 0.681. The Bertz CT molecular complexity index is 787. The second-order valence-corrected chi connectivity index (χ2v) is 5.17. The minimum atomic E-state index is 0.568. The highest BCUT2D eigenvalue weighted by Crippen LogP contribution is 2.27. The number of aromatic nitrogens is 2. The van der Waals surface area contributed by atoms with Gasteiger partial charge in [-0.25, -0.2) is 9.97 Å². The van der Waals surface area contributed by atoms with E-state index in [9.17, 15) is 0 Å². The van der Waals surface area contributed by atoms with Crippen molar-refractivity contribution in [3.8, 4) is 5.75 Å². The molecular formula is C18H20N4O2. The molecule has 1 aromatic carbocycles. The summed E-state index contributed by atoms with van der Waals surface area (Å²) in [5, 5.41) is 6.53. The highest BCUT2D eigenvalue weighted by atomic mass is 16.5. The van der Waals surface area contributed by atoms with Crippen LogP contribution < -0.4 is 15.4 Å². The van der Waals surface area contributed by atoms with E-state index in [1.807, 2.05) is 56.3 Å². The molecule has 0 bridgehead atoms. The molecule has 3 aromatic rings. The Labute approximate surface area is 140 Å². The Hall–Kier alpha value is -3.02. The zero-order chi connectivity index (χ0) is 16.8. The minimum absolute atomic E-state index is 0.568. The number of hydrogen-bond acceptors (Lipinski definition) is 6. The number of furan rings is 1. The molecule has 0 amide bonds. The van der Waals surface area contributed by atoms with Gasteiger partial charge in [0.05, 0.1) is 25.1 Å². The molecule has 124 valence electrons. The minimum Gasteiger partial charge on any atom is -0.492 e. The first-order valence-corrected chi connectivity index (χ1v) is 7.85. The first-order valence-electron chi connectivity index (χ1n) is 7.85. The van der Waals surface area contributed by atoms with Gasteiger partial charge in [-0.1, -0.05) is 12.1 Å². The SMILES string of the molecule is CCOc1ccccc1Nc1cc(NCc2ccco2)nc(C)n1. The summed E-state index contributed by atoms with van der Waals surface area (Å²) in [6, 6.07) is 13.4. The number of aryl methyl sites for hydroxylation is 1. The second-order valence-electron chi connectivity index (χ2n) is 5.17. The first kappa shape index (κ1) is 15.9. The average molecular weight is 324 g/mol. The lowest BCUT2D eigenvalue weighted by molar-refractivity contribution is 0.342. The number of nitrogens with zero attached hydrogens (tertiary/aromatic N) is 2. The van der Waals surface area contributed by atoms with Crippen LogP contribution >= 0.6 is 0 Å². The van der Waals surface area contributed by atoms with Crippen LogP contribution in [0.1, 0.15) is 18.5 Å². The van der Waals surface area contributed by atoms with Crippen molar-refractivity contribution < 1.29 is 9.15 Å². The van der Waals surface area contributed by atoms with Gasteiger partial charge in [0.2, 0.25) is 0 Å². The number of benzene rings is 1. The Kier molecular flexibility index (Phi) is 4.96. The van der Waals surface area contributed by atoms with Gasteiger partial charge in [-0.3, -0.25) is 0 Å². The van der Waals surface area contributed by atoms with Gasteiger partial charge >= 0.3 is 0 Å². The summed E-state index contributed by atoms with van der Waals surface area (Å²) in [7, 11) is 0. The maximum absolute atomic E-state index is 5.63. The van der Waals surface area contributed by atoms with E-state index in [4.69, 9.17) is 9.15 Å². The van der Waals surface area contributed by atoms with Crippen LogP contribution in [0.15, 0.2) is 53.1 Å². The topological polar surface area (TPSA) is 72.2 Å². The van der Waals surface area contributed by atoms with Crippen molar-refractivity contribution in [2.45, 2.75) is 20.4 Å². The van der Waals surface area contributed by atoms with Crippen LogP contribution in [-0.2, 0) is 6.54 Å². The van der Waals surface area contributed by atoms with Gasteiger partial charge in [0, 0.05) is 6.07 Å². The molecule has 0 saturated carbocycles. The van der Waals surface area contributed by atoms with Crippen molar-refractivity contribution in [3.05, 3.63) is 60.3 Å². The van der Waals surface area contributed by atoms with Gasteiger partial charge in [0.25, 0.3) is 0 Å². The number of ether oxygens (including phenoxy) is 1. The molecule has 0 spiro atoms. The molecule has 2 aromatic heterocycles. The molecular weight excluding hydrogens is 304 g/mol. The molecule has 0 radical (unpaired) electrons. The van der Waals surface area contributed by atoms with Gasteiger partial charge in [0.15, 0.2) is 0 Å².